The van der Waals surface area contributed by atoms with E-state index in [0.717, 1.165) is 62.6 Å². The Balaban J connectivity index is 1.33. The number of benzene rings is 2. The van der Waals surface area contributed by atoms with Gasteiger partial charge in [0.2, 0.25) is 0 Å². The fraction of sp³-hybridized carbons (Fsp3) is 0.407. The lowest BCUT2D eigenvalue weighted by molar-refractivity contribution is -0.148. The van der Waals surface area contributed by atoms with E-state index in [1.165, 1.54) is 18.4 Å². The van der Waals surface area contributed by atoms with E-state index in [0.29, 0.717) is 0 Å². The van der Waals surface area contributed by atoms with Gasteiger partial charge in [0, 0.05) is 49.0 Å². The molecule has 2 heterocycles. The molecule has 0 aliphatic carbocycles. The number of nitrogens with zero attached hydrogens (tertiary/aromatic N) is 3. The van der Waals surface area contributed by atoms with Gasteiger partial charge in [0.15, 0.2) is 0 Å². The Morgan fingerprint density at radius 2 is 1.88 bits per heavy atom. The second-order valence-corrected chi connectivity index (χ2v) is 9.51. The maximum atomic E-state index is 12.8. The summed E-state index contributed by atoms with van der Waals surface area (Å²) in [6.45, 7) is 7.17. The molecule has 0 bridgehead atoms. The van der Waals surface area contributed by atoms with Gasteiger partial charge in [-0.25, -0.2) is 4.98 Å². The maximum Gasteiger partial charge on any atom is 0.316 e. The van der Waals surface area contributed by atoms with Gasteiger partial charge in [0.25, 0.3) is 0 Å². The van der Waals surface area contributed by atoms with Crippen molar-refractivity contribution in [2.45, 2.75) is 31.6 Å². The van der Waals surface area contributed by atoms with Crippen molar-refractivity contribution in [3.63, 3.8) is 0 Å². The van der Waals surface area contributed by atoms with Gasteiger partial charge in [-0.1, -0.05) is 49.4 Å². The lowest BCUT2D eigenvalue weighted by atomic mass is 9.74. The van der Waals surface area contributed by atoms with Crippen LogP contribution in [0.5, 0.6) is 0 Å². The van der Waals surface area contributed by atoms with E-state index in [9.17, 15) is 4.79 Å². The molecule has 5 nitrogen and oxygen atoms in total. The SMILES string of the molecule is CCC(CCCN1CCN(c2cccc(-c3nccs3)c2)CC1)(C(=O)OC)c1ccccc1. The minimum absolute atomic E-state index is 0.124. The summed E-state index contributed by atoms with van der Waals surface area (Å²) >= 11 is 1.68. The number of hydrogen-bond acceptors (Lipinski definition) is 6. The topological polar surface area (TPSA) is 45.7 Å². The summed E-state index contributed by atoms with van der Waals surface area (Å²) in [5.74, 6) is -0.124. The van der Waals surface area contributed by atoms with Crippen molar-refractivity contribution in [2.75, 3.05) is 44.7 Å². The standard InChI is InChI=1S/C27H33N3O2S/c1-3-27(26(31)32-2,23-10-5-4-6-11-23)13-8-15-29-16-18-30(19-17-29)24-12-7-9-22(21-24)25-28-14-20-33-25/h4-7,9-12,14,20-21H,3,8,13,15-19H2,1-2H3. The quantitative estimate of drug-likeness (QED) is 0.407. The van der Waals surface area contributed by atoms with Crippen molar-refractivity contribution in [3.8, 4) is 10.6 Å². The Morgan fingerprint density at radius 1 is 1.09 bits per heavy atom. The van der Waals surface area contributed by atoms with E-state index in [1.54, 1.807) is 11.3 Å². The number of hydrogen-bond donors (Lipinski definition) is 0. The molecular weight excluding hydrogens is 430 g/mol. The van der Waals surface area contributed by atoms with Crippen LogP contribution in [0.25, 0.3) is 10.6 Å². The molecule has 4 rings (SSSR count). The first-order chi connectivity index (χ1) is 16.2. The summed E-state index contributed by atoms with van der Waals surface area (Å²) < 4.78 is 5.24. The molecule has 0 N–H and O–H groups in total. The highest BCUT2D eigenvalue weighted by molar-refractivity contribution is 7.13. The van der Waals surface area contributed by atoms with Crippen molar-refractivity contribution in [1.29, 1.82) is 0 Å². The molecule has 3 aromatic rings. The summed E-state index contributed by atoms with van der Waals surface area (Å²) in [4.78, 5) is 22.2. The van der Waals surface area contributed by atoms with Gasteiger partial charge in [0.05, 0.1) is 12.5 Å². The van der Waals surface area contributed by atoms with Gasteiger partial charge in [-0.05, 0) is 43.5 Å². The summed E-state index contributed by atoms with van der Waals surface area (Å²) in [7, 11) is 1.50. The molecule has 1 aliphatic heterocycles. The summed E-state index contributed by atoms with van der Waals surface area (Å²) in [5.41, 5.74) is 2.95. The molecule has 0 amide bonds. The summed E-state index contributed by atoms with van der Waals surface area (Å²) in [6, 6.07) is 18.8. The van der Waals surface area contributed by atoms with Gasteiger partial charge in [-0.2, -0.15) is 0 Å². The number of carbonyl (C=O) groups excluding carboxylic acids is 1. The number of methoxy groups -OCH3 is 1. The zero-order chi connectivity index (χ0) is 23.1. The third kappa shape index (κ3) is 5.28. The van der Waals surface area contributed by atoms with Crippen LogP contribution in [0, 0.1) is 0 Å². The molecule has 0 saturated carbocycles. The molecule has 1 unspecified atom stereocenters. The monoisotopic (exact) mass is 463 g/mol. The number of ether oxygens (including phenoxy) is 1. The number of piperazine rings is 1. The lowest BCUT2D eigenvalue weighted by Crippen LogP contribution is -2.47. The Labute approximate surface area is 201 Å². The molecule has 0 radical (unpaired) electrons. The fourth-order valence-corrected chi connectivity index (χ4v) is 5.51. The molecular formula is C27H33N3O2S. The smallest absolute Gasteiger partial charge is 0.316 e. The van der Waals surface area contributed by atoms with Crippen LogP contribution in [-0.4, -0.2) is 55.7 Å². The highest BCUT2D eigenvalue weighted by Crippen LogP contribution is 2.34. The molecule has 1 atom stereocenters. The zero-order valence-electron chi connectivity index (χ0n) is 19.6. The molecule has 2 aromatic carbocycles. The molecule has 33 heavy (non-hydrogen) atoms. The summed E-state index contributed by atoms with van der Waals surface area (Å²) in [6.07, 6.45) is 4.37. The molecule has 1 fully saturated rings. The number of rotatable bonds is 9. The molecule has 1 aliphatic rings. The Bertz CT molecular complexity index is 1020. The first-order valence-electron chi connectivity index (χ1n) is 11.8. The second-order valence-electron chi connectivity index (χ2n) is 8.61. The van der Waals surface area contributed by atoms with Gasteiger partial charge < -0.3 is 9.64 Å². The minimum atomic E-state index is -0.561. The molecule has 1 saturated heterocycles. The molecule has 174 valence electrons. The minimum Gasteiger partial charge on any atom is -0.468 e. The van der Waals surface area contributed by atoms with Crippen LogP contribution < -0.4 is 4.90 Å². The van der Waals surface area contributed by atoms with Crippen molar-refractivity contribution < 1.29 is 9.53 Å². The van der Waals surface area contributed by atoms with Crippen LogP contribution in [0.4, 0.5) is 5.69 Å². The van der Waals surface area contributed by atoms with Crippen LogP contribution in [0.2, 0.25) is 0 Å². The largest absolute Gasteiger partial charge is 0.468 e. The van der Waals surface area contributed by atoms with E-state index in [-0.39, 0.29) is 5.97 Å². The predicted molar refractivity (Wildman–Crippen MR) is 136 cm³/mol. The molecule has 6 heteroatoms. The van der Waals surface area contributed by atoms with E-state index in [2.05, 4.69) is 58.1 Å². The normalized spacial score (nSPS) is 16.4. The first-order valence-corrected chi connectivity index (χ1v) is 12.7. The number of esters is 1. The Hall–Kier alpha value is -2.70. The number of aromatic nitrogens is 1. The van der Waals surface area contributed by atoms with Crippen molar-refractivity contribution >= 4 is 23.0 Å². The van der Waals surface area contributed by atoms with Crippen LogP contribution in [0.15, 0.2) is 66.2 Å². The van der Waals surface area contributed by atoms with Crippen molar-refractivity contribution in [2.24, 2.45) is 0 Å². The maximum absolute atomic E-state index is 12.8. The van der Waals surface area contributed by atoms with Gasteiger partial charge in [-0.15, -0.1) is 11.3 Å². The average molecular weight is 464 g/mol. The van der Waals surface area contributed by atoms with Crippen molar-refractivity contribution in [3.05, 3.63) is 71.7 Å². The fourth-order valence-electron chi connectivity index (χ4n) is 4.88. The van der Waals surface area contributed by atoms with E-state index < -0.39 is 5.41 Å². The van der Waals surface area contributed by atoms with Gasteiger partial charge in [-0.3, -0.25) is 9.69 Å². The van der Waals surface area contributed by atoms with Crippen LogP contribution in [0.3, 0.4) is 0 Å². The molecule has 1 aromatic heterocycles. The Kier molecular flexibility index (Phi) is 7.78. The Morgan fingerprint density at radius 3 is 2.55 bits per heavy atom. The highest BCUT2D eigenvalue weighted by Gasteiger charge is 2.39. The van der Waals surface area contributed by atoms with Crippen LogP contribution in [-0.2, 0) is 14.9 Å². The third-order valence-electron chi connectivity index (χ3n) is 6.85. The van der Waals surface area contributed by atoms with Crippen LogP contribution >= 0.6 is 11.3 Å². The van der Waals surface area contributed by atoms with E-state index >= 15 is 0 Å². The lowest BCUT2D eigenvalue weighted by Gasteiger charge is -2.37. The molecule has 0 spiro atoms. The van der Waals surface area contributed by atoms with Gasteiger partial charge >= 0.3 is 5.97 Å². The van der Waals surface area contributed by atoms with E-state index in [4.69, 9.17) is 4.74 Å². The van der Waals surface area contributed by atoms with Gasteiger partial charge in [0.1, 0.15) is 5.01 Å². The second kappa shape index (κ2) is 10.9. The highest BCUT2D eigenvalue weighted by atomic mass is 32.1. The van der Waals surface area contributed by atoms with E-state index in [1.807, 2.05) is 29.8 Å². The summed E-state index contributed by atoms with van der Waals surface area (Å²) in [5, 5.41) is 3.09. The number of carbonyl (C=O) groups is 1. The first kappa shape index (κ1) is 23.5. The van der Waals surface area contributed by atoms with Crippen molar-refractivity contribution in [1.82, 2.24) is 9.88 Å². The average Bonchev–Trinajstić information content (AvgIpc) is 3.43. The van der Waals surface area contributed by atoms with Crippen LogP contribution in [0.1, 0.15) is 31.7 Å². The zero-order valence-corrected chi connectivity index (χ0v) is 20.4. The third-order valence-corrected chi connectivity index (χ3v) is 7.67. The number of thiazole rings is 1. The number of anilines is 1. The predicted octanol–water partition coefficient (Wildman–Crippen LogP) is 5.23.